The third kappa shape index (κ3) is 4.64. The number of nitrogens with one attached hydrogen (secondary N) is 3. The van der Waals surface area contributed by atoms with Gasteiger partial charge in [0.2, 0.25) is 5.95 Å². The van der Waals surface area contributed by atoms with Crippen molar-refractivity contribution in [3.63, 3.8) is 0 Å². The summed E-state index contributed by atoms with van der Waals surface area (Å²) >= 11 is 0. The van der Waals surface area contributed by atoms with E-state index < -0.39 is 0 Å². The molecule has 0 unspecified atom stereocenters. The van der Waals surface area contributed by atoms with Crippen molar-refractivity contribution in [1.29, 1.82) is 0 Å². The number of anilines is 1. The molecule has 0 saturated carbocycles. The number of H-pyrrole nitrogens is 1. The van der Waals surface area contributed by atoms with Gasteiger partial charge < -0.3 is 5.32 Å². The lowest BCUT2D eigenvalue weighted by molar-refractivity contribution is 0.251. The average molecular weight is 380 g/mol. The number of rotatable bonds is 4. The zero-order valence-electron chi connectivity index (χ0n) is 16.4. The van der Waals surface area contributed by atoms with Crippen LogP contribution in [0.3, 0.4) is 0 Å². The van der Waals surface area contributed by atoms with Crippen molar-refractivity contribution >= 4 is 11.8 Å². The van der Waals surface area contributed by atoms with Crippen LogP contribution in [0.15, 0.2) is 47.3 Å². The zero-order chi connectivity index (χ0) is 20.3. The fourth-order valence-electron chi connectivity index (χ4n) is 2.60. The van der Waals surface area contributed by atoms with Crippen molar-refractivity contribution in [2.24, 2.45) is 0 Å². The molecule has 2 heterocycles. The van der Waals surface area contributed by atoms with Crippen LogP contribution in [-0.2, 0) is 12.0 Å². The van der Waals surface area contributed by atoms with Gasteiger partial charge in [-0.25, -0.2) is 9.78 Å². The molecule has 2 amide bonds. The first-order valence-electron chi connectivity index (χ1n) is 9.00. The van der Waals surface area contributed by atoms with E-state index in [0.29, 0.717) is 18.1 Å². The number of carbonyl (C=O) groups is 1. The first-order valence-corrected chi connectivity index (χ1v) is 9.00. The van der Waals surface area contributed by atoms with E-state index >= 15 is 0 Å². The summed E-state index contributed by atoms with van der Waals surface area (Å²) in [6, 6.07) is 12.4. The Morgan fingerprint density at radius 2 is 1.89 bits per heavy atom. The third-order valence-corrected chi connectivity index (χ3v) is 4.07. The molecule has 0 fully saturated rings. The van der Waals surface area contributed by atoms with Gasteiger partial charge in [-0.3, -0.25) is 15.1 Å². The van der Waals surface area contributed by atoms with Crippen LogP contribution < -0.4 is 16.2 Å². The van der Waals surface area contributed by atoms with E-state index in [-0.39, 0.29) is 23.0 Å². The minimum Gasteiger partial charge on any atom is -0.334 e. The number of urea groups is 1. The monoisotopic (exact) mass is 380 g/mol. The van der Waals surface area contributed by atoms with E-state index in [1.807, 2.05) is 51.1 Å². The number of hydrogen-bond donors (Lipinski definition) is 3. The standard InChI is InChI=1S/C20H24N6O2/c1-13-10-17(27)24-18(22-13)26-16(11-15(25-26)20(2,3)4)23-19(28)21-12-14-8-6-5-7-9-14/h5-11H,12H2,1-4H3,(H2,21,23,28)(H,22,24,27). The Kier molecular flexibility index (Phi) is 5.30. The molecule has 146 valence electrons. The maximum absolute atomic E-state index is 12.4. The van der Waals surface area contributed by atoms with Crippen LogP contribution in [0, 0.1) is 6.92 Å². The Labute approximate surface area is 163 Å². The van der Waals surface area contributed by atoms with Crippen LogP contribution in [-0.4, -0.2) is 25.8 Å². The third-order valence-electron chi connectivity index (χ3n) is 4.07. The predicted molar refractivity (Wildman–Crippen MR) is 108 cm³/mol. The number of aromatic nitrogens is 4. The molecule has 0 radical (unpaired) electrons. The summed E-state index contributed by atoms with van der Waals surface area (Å²) in [6.07, 6.45) is 0. The molecule has 0 aliphatic carbocycles. The molecule has 3 N–H and O–H groups in total. The van der Waals surface area contributed by atoms with Gasteiger partial charge in [-0.15, -0.1) is 0 Å². The molecule has 8 heteroatoms. The molecular formula is C20H24N6O2. The number of aromatic amines is 1. The largest absolute Gasteiger partial charge is 0.334 e. The second-order valence-corrected chi connectivity index (χ2v) is 7.58. The Hall–Kier alpha value is -3.42. The molecule has 3 rings (SSSR count). The summed E-state index contributed by atoms with van der Waals surface area (Å²) in [4.78, 5) is 31.2. The van der Waals surface area contributed by atoms with Crippen molar-refractivity contribution in [2.45, 2.75) is 39.7 Å². The van der Waals surface area contributed by atoms with Gasteiger partial charge in [-0.2, -0.15) is 9.78 Å². The summed E-state index contributed by atoms with van der Waals surface area (Å²) in [6.45, 7) is 8.18. The first-order chi connectivity index (χ1) is 13.2. The Bertz CT molecular complexity index is 1030. The van der Waals surface area contributed by atoms with Crippen LogP contribution in [0.25, 0.3) is 5.95 Å². The van der Waals surface area contributed by atoms with Crippen LogP contribution in [0.1, 0.15) is 37.7 Å². The minimum absolute atomic E-state index is 0.244. The lowest BCUT2D eigenvalue weighted by Crippen LogP contribution is -2.29. The van der Waals surface area contributed by atoms with Crippen LogP contribution in [0.2, 0.25) is 0 Å². The smallest absolute Gasteiger partial charge is 0.320 e. The summed E-state index contributed by atoms with van der Waals surface area (Å²) in [5, 5.41) is 10.2. The quantitative estimate of drug-likeness (QED) is 0.647. The van der Waals surface area contributed by atoms with Crippen molar-refractivity contribution in [3.8, 4) is 5.95 Å². The van der Waals surface area contributed by atoms with Crippen molar-refractivity contribution in [1.82, 2.24) is 25.1 Å². The van der Waals surface area contributed by atoms with Crippen LogP contribution in [0.5, 0.6) is 0 Å². The number of aryl methyl sites for hydroxylation is 1. The topological polar surface area (TPSA) is 105 Å². The number of nitrogens with zero attached hydrogens (tertiary/aromatic N) is 3. The lowest BCUT2D eigenvalue weighted by atomic mass is 9.92. The van der Waals surface area contributed by atoms with Gasteiger partial charge >= 0.3 is 6.03 Å². The van der Waals surface area contributed by atoms with Gasteiger partial charge in [-0.05, 0) is 12.5 Å². The normalized spacial score (nSPS) is 11.3. The highest BCUT2D eigenvalue weighted by Crippen LogP contribution is 2.25. The molecule has 2 aromatic heterocycles. The molecule has 0 bridgehead atoms. The SMILES string of the molecule is Cc1cc(=O)[nH]c(-n2nc(C(C)(C)C)cc2NC(=O)NCc2ccccc2)n1. The Morgan fingerprint density at radius 1 is 1.18 bits per heavy atom. The second kappa shape index (κ2) is 7.67. The maximum atomic E-state index is 12.4. The Balaban J connectivity index is 1.87. The molecule has 1 aromatic carbocycles. The molecule has 0 spiro atoms. The Morgan fingerprint density at radius 3 is 2.54 bits per heavy atom. The lowest BCUT2D eigenvalue weighted by Gasteiger charge is -2.13. The fourth-order valence-corrected chi connectivity index (χ4v) is 2.60. The van der Waals surface area contributed by atoms with Crippen molar-refractivity contribution in [3.05, 3.63) is 69.8 Å². The first kappa shape index (κ1) is 19.3. The number of benzene rings is 1. The number of amides is 2. The van der Waals surface area contributed by atoms with Gasteiger partial charge in [0, 0.05) is 29.8 Å². The summed E-state index contributed by atoms with van der Waals surface area (Å²) < 4.78 is 1.44. The molecule has 0 aliphatic heterocycles. The predicted octanol–water partition coefficient (Wildman–Crippen LogP) is 2.88. The molecule has 28 heavy (non-hydrogen) atoms. The van der Waals surface area contributed by atoms with E-state index in [1.54, 1.807) is 13.0 Å². The molecular weight excluding hydrogens is 356 g/mol. The maximum Gasteiger partial charge on any atom is 0.320 e. The van der Waals surface area contributed by atoms with Crippen LogP contribution in [0.4, 0.5) is 10.6 Å². The minimum atomic E-state index is -0.375. The van der Waals surface area contributed by atoms with E-state index in [0.717, 1.165) is 11.3 Å². The van der Waals surface area contributed by atoms with Crippen LogP contribution >= 0.6 is 0 Å². The van der Waals surface area contributed by atoms with Gasteiger partial charge in [0.05, 0.1) is 5.69 Å². The molecule has 0 aliphatic rings. The van der Waals surface area contributed by atoms with E-state index in [2.05, 4.69) is 25.7 Å². The highest BCUT2D eigenvalue weighted by atomic mass is 16.2. The summed E-state index contributed by atoms with van der Waals surface area (Å²) in [5.41, 5.74) is 1.79. The van der Waals surface area contributed by atoms with Gasteiger partial charge in [0.1, 0.15) is 5.82 Å². The number of hydrogen-bond acceptors (Lipinski definition) is 4. The second-order valence-electron chi connectivity index (χ2n) is 7.58. The van der Waals surface area contributed by atoms with Gasteiger partial charge in [-0.1, -0.05) is 51.1 Å². The van der Waals surface area contributed by atoms with E-state index in [4.69, 9.17) is 0 Å². The molecule has 8 nitrogen and oxygen atoms in total. The number of carbonyl (C=O) groups excluding carboxylic acids is 1. The van der Waals surface area contributed by atoms with E-state index in [1.165, 1.54) is 10.7 Å². The highest BCUT2D eigenvalue weighted by Gasteiger charge is 2.22. The van der Waals surface area contributed by atoms with Gasteiger partial charge in [0.15, 0.2) is 0 Å². The van der Waals surface area contributed by atoms with Crippen molar-refractivity contribution in [2.75, 3.05) is 5.32 Å². The van der Waals surface area contributed by atoms with Gasteiger partial charge in [0.25, 0.3) is 5.56 Å². The molecule has 0 atom stereocenters. The summed E-state index contributed by atoms with van der Waals surface area (Å²) in [5.74, 6) is 0.670. The van der Waals surface area contributed by atoms with Crippen molar-refractivity contribution < 1.29 is 4.79 Å². The zero-order valence-corrected chi connectivity index (χ0v) is 16.4. The average Bonchev–Trinajstić information content (AvgIpc) is 3.04. The van der Waals surface area contributed by atoms with E-state index in [9.17, 15) is 9.59 Å². The highest BCUT2D eigenvalue weighted by molar-refractivity contribution is 5.88. The fraction of sp³-hybridized carbons (Fsp3) is 0.300. The summed E-state index contributed by atoms with van der Waals surface area (Å²) in [7, 11) is 0. The molecule has 0 saturated heterocycles. The molecule has 3 aromatic rings.